The molecule has 2 aromatic carbocycles. The lowest BCUT2D eigenvalue weighted by Crippen LogP contribution is -1.99. The molecule has 2 N–H and O–H groups in total. The van der Waals surface area contributed by atoms with E-state index in [9.17, 15) is 9.90 Å². The molecule has 1 aromatic heterocycles. The van der Waals surface area contributed by atoms with Crippen LogP contribution < -0.4 is 18.9 Å². The standard InChI is InChI=1S/C19H19NO6/c1-23-13-6-5-10(7-14(13)24-2)17-11-8-15(25-3)16(26-4)9-12(11)20-18(17)19(21)22/h5-9,20H,1-4H3,(H,21,22). The molecule has 0 atom stereocenters. The maximum absolute atomic E-state index is 11.8. The van der Waals surface area contributed by atoms with Crippen molar-refractivity contribution in [1.82, 2.24) is 4.98 Å². The molecule has 1 heterocycles. The largest absolute Gasteiger partial charge is 0.493 e. The number of nitrogens with one attached hydrogen (secondary N) is 1. The van der Waals surface area contributed by atoms with Gasteiger partial charge in [-0.05, 0) is 23.8 Å². The van der Waals surface area contributed by atoms with E-state index in [0.29, 0.717) is 45.0 Å². The Morgan fingerprint density at radius 1 is 0.846 bits per heavy atom. The lowest BCUT2D eigenvalue weighted by Gasteiger charge is -2.11. The van der Waals surface area contributed by atoms with Gasteiger partial charge in [-0.1, -0.05) is 6.07 Å². The summed E-state index contributed by atoms with van der Waals surface area (Å²) in [6.45, 7) is 0. The molecule has 0 bridgehead atoms. The Morgan fingerprint density at radius 3 is 2.00 bits per heavy atom. The molecule has 7 heteroatoms. The van der Waals surface area contributed by atoms with Crippen LogP contribution in [0.2, 0.25) is 0 Å². The second kappa shape index (κ2) is 6.87. The van der Waals surface area contributed by atoms with Gasteiger partial charge in [0, 0.05) is 17.0 Å². The van der Waals surface area contributed by atoms with Crippen molar-refractivity contribution in [2.45, 2.75) is 0 Å². The number of benzene rings is 2. The second-order valence-electron chi connectivity index (χ2n) is 5.50. The van der Waals surface area contributed by atoms with Crippen LogP contribution in [0.25, 0.3) is 22.0 Å². The lowest BCUT2D eigenvalue weighted by atomic mass is 10.0. The van der Waals surface area contributed by atoms with E-state index >= 15 is 0 Å². The van der Waals surface area contributed by atoms with Crippen LogP contribution in [0, 0.1) is 0 Å². The van der Waals surface area contributed by atoms with Crippen molar-refractivity contribution in [3.8, 4) is 34.1 Å². The molecule has 0 spiro atoms. The van der Waals surface area contributed by atoms with Crippen LogP contribution >= 0.6 is 0 Å². The fourth-order valence-corrected chi connectivity index (χ4v) is 2.97. The first-order valence-electron chi connectivity index (χ1n) is 7.77. The van der Waals surface area contributed by atoms with Crippen molar-refractivity contribution < 1.29 is 28.8 Å². The van der Waals surface area contributed by atoms with Gasteiger partial charge in [-0.3, -0.25) is 0 Å². The smallest absolute Gasteiger partial charge is 0.352 e. The van der Waals surface area contributed by atoms with Crippen LogP contribution in [0.15, 0.2) is 30.3 Å². The van der Waals surface area contributed by atoms with Crippen LogP contribution in [0.1, 0.15) is 10.5 Å². The number of carboxylic acids is 1. The Hall–Kier alpha value is -3.35. The first-order valence-corrected chi connectivity index (χ1v) is 7.77. The molecule has 3 rings (SSSR count). The molecule has 0 amide bonds. The minimum absolute atomic E-state index is 0.0718. The number of aromatic nitrogens is 1. The second-order valence-corrected chi connectivity index (χ2v) is 5.50. The van der Waals surface area contributed by atoms with Gasteiger partial charge in [-0.25, -0.2) is 4.79 Å². The van der Waals surface area contributed by atoms with E-state index in [1.165, 1.54) is 21.3 Å². The topological polar surface area (TPSA) is 90.0 Å². The molecular weight excluding hydrogens is 338 g/mol. The van der Waals surface area contributed by atoms with Crippen molar-refractivity contribution in [3.63, 3.8) is 0 Å². The van der Waals surface area contributed by atoms with E-state index in [2.05, 4.69) is 4.98 Å². The summed E-state index contributed by atoms with van der Waals surface area (Å²) in [5.41, 5.74) is 1.92. The zero-order valence-corrected chi connectivity index (χ0v) is 14.9. The maximum Gasteiger partial charge on any atom is 0.352 e. The molecule has 0 aliphatic carbocycles. The van der Waals surface area contributed by atoms with Gasteiger partial charge < -0.3 is 29.0 Å². The summed E-state index contributed by atoms with van der Waals surface area (Å²) < 4.78 is 21.2. The van der Waals surface area contributed by atoms with Crippen molar-refractivity contribution in [1.29, 1.82) is 0 Å². The van der Waals surface area contributed by atoms with E-state index in [0.717, 1.165) is 0 Å². The Bertz CT molecular complexity index is 976. The summed E-state index contributed by atoms with van der Waals surface area (Å²) in [7, 11) is 6.14. The van der Waals surface area contributed by atoms with Crippen molar-refractivity contribution >= 4 is 16.9 Å². The summed E-state index contributed by atoms with van der Waals surface area (Å²) >= 11 is 0. The zero-order chi connectivity index (χ0) is 18.8. The monoisotopic (exact) mass is 357 g/mol. The number of carboxylic acid groups (broad SMARTS) is 1. The Morgan fingerprint density at radius 2 is 1.42 bits per heavy atom. The molecule has 0 saturated heterocycles. The average molecular weight is 357 g/mol. The molecule has 0 fully saturated rings. The minimum Gasteiger partial charge on any atom is -0.493 e. The molecule has 0 saturated carbocycles. The molecule has 0 aliphatic heterocycles. The molecule has 26 heavy (non-hydrogen) atoms. The zero-order valence-electron chi connectivity index (χ0n) is 14.9. The SMILES string of the molecule is COc1ccc(-c2c(C(=O)O)[nH]c3cc(OC)c(OC)cc23)cc1OC. The van der Waals surface area contributed by atoms with Crippen molar-refractivity contribution in [2.75, 3.05) is 28.4 Å². The Labute approximate surface area is 150 Å². The Kier molecular flexibility index (Phi) is 4.62. The highest BCUT2D eigenvalue weighted by Crippen LogP contribution is 2.41. The first kappa shape index (κ1) is 17.5. The van der Waals surface area contributed by atoms with Gasteiger partial charge in [0.25, 0.3) is 0 Å². The first-order chi connectivity index (χ1) is 12.5. The maximum atomic E-state index is 11.8. The molecule has 7 nitrogen and oxygen atoms in total. The van der Waals surface area contributed by atoms with Crippen molar-refractivity contribution in [3.05, 3.63) is 36.0 Å². The predicted molar refractivity (Wildman–Crippen MR) is 96.9 cm³/mol. The number of ether oxygens (including phenoxy) is 4. The molecule has 136 valence electrons. The van der Waals surface area contributed by atoms with E-state index in [-0.39, 0.29) is 5.69 Å². The van der Waals surface area contributed by atoms with Gasteiger partial charge in [0.1, 0.15) is 5.69 Å². The van der Waals surface area contributed by atoms with E-state index in [4.69, 9.17) is 18.9 Å². The number of aromatic amines is 1. The van der Waals surface area contributed by atoms with Crippen LogP contribution in [0.4, 0.5) is 0 Å². The molecule has 0 aliphatic rings. The summed E-state index contributed by atoms with van der Waals surface area (Å²) in [6, 6.07) is 8.73. The number of methoxy groups -OCH3 is 4. The summed E-state index contributed by atoms with van der Waals surface area (Å²) in [6.07, 6.45) is 0. The third-order valence-electron chi connectivity index (χ3n) is 4.19. The van der Waals surface area contributed by atoms with Crippen LogP contribution in [0.5, 0.6) is 23.0 Å². The van der Waals surface area contributed by atoms with E-state index in [1.54, 1.807) is 37.4 Å². The van der Waals surface area contributed by atoms with Crippen LogP contribution in [-0.4, -0.2) is 44.5 Å². The summed E-state index contributed by atoms with van der Waals surface area (Å²) in [4.78, 5) is 14.7. The number of rotatable bonds is 6. The Balaban J connectivity index is 2.33. The molecule has 0 unspecified atom stereocenters. The van der Waals surface area contributed by atoms with Crippen LogP contribution in [-0.2, 0) is 0 Å². The summed E-state index contributed by atoms with van der Waals surface area (Å²) in [5.74, 6) is 1.03. The van der Waals surface area contributed by atoms with E-state index in [1.807, 2.05) is 0 Å². The number of aromatic carboxylic acids is 1. The highest BCUT2D eigenvalue weighted by molar-refractivity contribution is 6.08. The third kappa shape index (κ3) is 2.77. The number of fused-ring (bicyclic) bond motifs is 1. The van der Waals surface area contributed by atoms with Gasteiger partial charge in [0.2, 0.25) is 0 Å². The fraction of sp³-hybridized carbons (Fsp3) is 0.211. The summed E-state index contributed by atoms with van der Waals surface area (Å²) in [5, 5.41) is 10.4. The highest BCUT2D eigenvalue weighted by Gasteiger charge is 2.22. The van der Waals surface area contributed by atoms with Crippen molar-refractivity contribution in [2.24, 2.45) is 0 Å². The normalized spacial score (nSPS) is 10.6. The lowest BCUT2D eigenvalue weighted by molar-refractivity contribution is 0.0692. The molecular formula is C19H19NO6. The molecule has 0 radical (unpaired) electrons. The number of hydrogen-bond donors (Lipinski definition) is 2. The predicted octanol–water partition coefficient (Wildman–Crippen LogP) is 3.57. The van der Waals surface area contributed by atoms with Gasteiger partial charge in [0.15, 0.2) is 23.0 Å². The number of carbonyl (C=O) groups is 1. The third-order valence-corrected chi connectivity index (χ3v) is 4.19. The highest BCUT2D eigenvalue weighted by atomic mass is 16.5. The quantitative estimate of drug-likeness (QED) is 0.701. The minimum atomic E-state index is -1.07. The van der Waals surface area contributed by atoms with Gasteiger partial charge in [-0.15, -0.1) is 0 Å². The van der Waals surface area contributed by atoms with Gasteiger partial charge >= 0.3 is 5.97 Å². The van der Waals surface area contributed by atoms with Gasteiger partial charge in [0.05, 0.1) is 34.0 Å². The van der Waals surface area contributed by atoms with Gasteiger partial charge in [-0.2, -0.15) is 0 Å². The molecule has 3 aromatic rings. The fourth-order valence-electron chi connectivity index (χ4n) is 2.97. The average Bonchev–Trinajstić information content (AvgIpc) is 3.04. The van der Waals surface area contributed by atoms with E-state index < -0.39 is 5.97 Å². The number of H-pyrrole nitrogens is 1. The number of hydrogen-bond acceptors (Lipinski definition) is 5. The van der Waals surface area contributed by atoms with Crippen LogP contribution in [0.3, 0.4) is 0 Å².